The van der Waals surface area contributed by atoms with Crippen LogP contribution in [0.5, 0.6) is 11.5 Å². The summed E-state index contributed by atoms with van der Waals surface area (Å²) in [6.07, 6.45) is -0.901. The maximum absolute atomic E-state index is 9.67. The molecular formula is C10H13NO5. The minimum Gasteiger partial charge on any atom is -0.493 e. The van der Waals surface area contributed by atoms with Gasteiger partial charge in [0.05, 0.1) is 7.11 Å². The van der Waals surface area contributed by atoms with Crippen molar-refractivity contribution in [3.8, 4) is 11.5 Å². The van der Waals surface area contributed by atoms with Gasteiger partial charge in [0.15, 0.2) is 11.5 Å². The Balaban J connectivity index is 1.99. The van der Waals surface area contributed by atoms with Gasteiger partial charge in [-0.1, -0.05) is 12.1 Å². The molecule has 6 heteroatoms. The minimum absolute atomic E-state index is 0.130. The fourth-order valence-electron chi connectivity index (χ4n) is 1.24. The molecule has 3 N–H and O–H groups in total. The molecule has 2 rings (SSSR count). The number of hydrogen-bond acceptors (Lipinski definition) is 6. The molecule has 1 aromatic rings. The third-order valence-electron chi connectivity index (χ3n) is 2.24. The normalized spacial score (nSPS) is 28.3. The summed E-state index contributed by atoms with van der Waals surface area (Å²) in [7, 11) is 1.53. The van der Waals surface area contributed by atoms with E-state index in [-0.39, 0.29) is 6.61 Å². The quantitative estimate of drug-likeness (QED) is 0.705. The summed E-state index contributed by atoms with van der Waals surface area (Å²) in [5.41, 5.74) is 5.38. The molecular weight excluding hydrogens is 214 g/mol. The van der Waals surface area contributed by atoms with E-state index in [1.807, 2.05) is 6.07 Å². The third-order valence-corrected chi connectivity index (χ3v) is 2.24. The Labute approximate surface area is 92.4 Å². The fraction of sp³-hybridized carbons (Fsp3) is 0.400. The number of nitrogens with two attached hydrogens (primary N) is 1. The predicted octanol–water partition coefficient (Wildman–Crippen LogP) is 0.00920. The molecule has 1 heterocycles. The molecule has 0 amide bonds. The van der Waals surface area contributed by atoms with Crippen LogP contribution in [-0.4, -0.2) is 30.8 Å². The van der Waals surface area contributed by atoms with Gasteiger partial charge < -0.3 is 14.6 Å². The SMILES string of the molecule is COc1ccccc1OCC1(O)OOC1N. The average Bonchev–Trinajstić information content (AvgIpc) is 2.34. The van der Waals surface area contributed by atoms with Gasteiger partial charge in [-0.05, 0) is 12.1 Å². The second-order valence-corrected chi connectivity index (χ2v) is 3.38. The Morgan fingerprint density at radius 3 is 2.62 bits per heavy atom. The van der Waals surface area contributed by atoms with Gasteiger partial charge in [-0.15, -0.1) is 0 Å². The Kier molecular flexibility index (Phi) is 2.97. The summed E-state index contributed by atoms with van der Waals surface area (Å²) in [5.74, 6) is -0.526. The van der Waals surface area contributed by atoms with Gasteiger partial charge in [0, 0.05) is 0 Å². The molecule has 1 aliphatic heterocycles. The Morgan fingerprint density at radius 2 is 2.12 bits per heavy atom. The van der Waals surface area contributed by atoms with E-state index in [2.05, 4.69) is 9.78 Å². The van der Waals surface area contributed by atoms with Crippen molar-refractivity contribution in [1.82, 2.24) is 0 Å². The van der Waals surface area contributed by atoms with Crippen molar-refractivity contribution < 1.29 is 24.4 Å². The molecule has 88 valence electrons. The molecule has 0 aliphatic carbocycles. The number of benzene rings is 1. The summed E-state index contributed by atoms with van der Waals surface area (Å²) in [6, 6.07) is 7.07. The highest BCUT2D eigenvalue weighted by atomic mass is 17.3. The zero-order chi connectivity index (χ0) is 11.6. The predicted molar refractivity (Wildman–Crippen MR) is 53.6 cm³/mol. The molecule has 0 aromatic heterocycles. The molecule has 2 atom stereocenters. The topological polar surface area (TPSA) is 83.2 Å². The average molecular weight is 227 g/mol. The van der Waals surface area contributed by atoms with Crippen LogP contribution in [0.4, 0.5) is 0 Å². The van der Waals surface area contributed by atoms with E-state index >= 15 is 0 Å². The maximum Gasteiger partial charge on any atom is 0.276 e. The lowest BCUT2D eigenvalue weighted by molar-refractivity contribution is -0.567. The smallest absolute Gasteiger partial charge is 0.276 e. The molecule has 0 radical (unpaired) electrons. The lowest BCUT2D eigenvalue weighted by Crippen LogP contribution is -2.64. The van der Waals surface area contributed by atoms with E-state index in [1.54, 1.807) is 18.2 Å². The van der Waals surface area contributed by atoms with Crippen LogP contribution in [0.3, 0.4) is 0 Å². The molecule has 1 saturated heterocycles. The van der Waals surface area contributed by atoms with Gasteiger partial charge in [0.1, 0.15) is 6.61 Å². The van der Waals surface area contributed by atoms with Crippen LogP contribution in [0.25, 0.3) is 0 Å². The lowest BCUT2D eigenvalue weighted by atomic mass is 10.2. The first-order valence-electron chi connectivity index (χ1n) is 4.74. The summed E-state index contributed by atoms with van der Waals surface area (Å²) >= 11 is 0. The molecule has 1 fully saturated rings. The lowest BCUT2D eigenvalue weighted by Gasteiger charge is -2.39. The Hall–Kier alpha value is -1.34. The number of para-hydroxylation sites is 2. The summed E-state index contributed by atoms with van der Waals surface area (Å²) in [6.45, 7) is -0.130. The monoisotopic (exact) mass is 227 g/mol. The highest BCUT2D eigenvalue weighted by Crippen LogP contribution is 2.29. The van der Waals surface area contributed by atoms with Crippen LogP contribution in [0, 0.1) is 0 Å². The van der Waals surface area contributed by atoms with Crippen molar-refractivity contribution >= 4 is 0 Å². The van der Waals surface area contributed by atoms with Crippen molar-refractivity contribution in [2.75, 3.05) is 13.7 Å². The van der Waals surface area contributed by atoms with Crippen LogP contribution < -0.4 is 15.2 Å². The zero-order valence-electron chi connectivity index (χ0n) is 8.75. The standard InChI is InChI=1S/C10H13NO5/c1-13-7-4-2-3-5-8(7)14-6-10(12)9(11)15-16-10/h2-5,9,12H,6,11H2,1H3. The molecule has 16 heavy (non-hydrogen) atoms. The van der Waals surface area contributed by atoms with E-state index in [9.17, 15) is 5.11 Å². The van der Waals surface area contributed by atoms with Crippen LogP contribution in [-0.2, 0) is 9.78 Å². The maximum atomic E-state index is 9.67. The van der Waals surface area contributed by atoms with Crippen molar-refractivity contribution in [2.24, 2.45) is 5.73 Å². The van der Waals surface area contributed by atoms with Crippen LogP contribution in [0.2, 0.25) is 0 Å². The number of aliphatic hydroxyl groups is 1. The molecule has 2 unspecified atom stereocenters. The molecule has 0 spiro atoms. The van der Waals surface area contributed by atoms with Crippen molar-refractivity contribution in [3.05, 3.63) is 24.3 Å². The van der Waals surface area contributed by atoms with Gasteiger partial charge >= 0.3 is 0 Å². The largest absolute Gasteiger partial charge is 0.493 e. The summed E-state index contributed by atoms with van der Waals surface area (Å²) in [4.78, 5) is 8.90. The first-order chi connectivity index (χ1) is 7.65. The molecule has 1 aromatic carbocycles. The first kappa shape index (κ1) is 11.2. The van der Waals surface area contributed by atoms with Crippen molar-refractivity contribution in [1.29, 1.82) is 0 Å². The van der Waals surface area contributed by atoms with Gasteiger partial charge in [0.25, 0.3) is 5.79 Å². The van der Waals surface area contributed by atoms with Gasteiger partial charge in [-0.3, -0.25) is 5.73 Å². The number of methoxy groups -OCH3 is 1. The Morgan fingerprint density at radius 1 is 1.44 bits per heavy atom. The van der Waals surface area contributed by atoms with Crippen molar-refractivity contribution in [3.63, 3.8) is 0 Å². The highest BCUT2D eigenvalue weighted by Gasteiger charge is 2.49. The number of hydrogen-bond donors (Lipinski definition) is 2. The molecule has 6 nitrogen and oxygen atoms in total. The van der Waals surface area contributed by atoms with Crippen LogP contribution in [0.1, 0.15) is 0 Å². The number of ether oxygens (including phenoxy) is 2. The molecule has 0 saturated carbocycles. The van der Waals surface area contributed by atoms with Gasteiger partial charge in [-0.2, -0.15) is 4.89 Å². The second-order valence-electron chi connectivity index (χ2n) is 3.38. The molecule has 1 aliphatic rings. The van der Waals surface area contributed by atoms with E-state index in [4.69, 9.17) is 15.2 Å². The van der Waals surface area contributed by atoms with Crippen LogP contribution >= 0.6 is 0 Å². The second kappa shape index (κ2) is 4.26. The third kappa shape index (κ3) is 1.96. The van der Waals surface area contributed by atoms with E-state index in [0.717, 1.165) is 0 Å². The first-order valence-corrected chi connectivity index (χ1v) is 4.74. The van der Waals surface area contributed by atoms with Crippen molar-refractivity contribution in [2.45, 2.75) is 12.0 Å². The van der Waals surface area contributed by atoms with Crippen LogP contribution in [0.15, 0.2) is 24.3 Å². The van der Waals surface area contributed by atoms with E-state index < -0.39 is 12.0 Å². The highest BCUT2D eigenvalue weighted by molar-refractivity contribution is 5.39. The van der Waals surface area contributed by atoms with E-state index in [1.165, 1.54) is 7.11 Å². The number of rotatable bonds is 4. The van der Waals surface area contributed by atoms with Gasteiger partial charge in [-0.25, -0.2) is 4.89 Å². The van der Waals surface area contributed by atoms with E-state index in [0.29, 0.717) is 11.5 Å². The summed E-state index contributed by atoms with van der Waals surface area (Å²) in [5, 5.41) is 9.67. The minimum atomic E-state index is -1.60. The fourth-order valence-corrected chi connectivity index (χ4v) is 1.24. The van der Waals surface area contributed by atoms with Gasteiger partial charge in [0.2, 0.25) is 6.23 Å². The summed E-state index contributed by atoms with van der Waals surface area (Å²) < 4.78 is 10.4. The zero-order valence-corrected chi connectivity index (χ0v) is 8.75. The molecule has 0 bridgehead atoms. The Bertz CT molecular complexity index is 372.